The molecule has 1 aromatic heterocycles. The summed E-state index contributed by atoms with van der Waals surface area (Å²) in [5, 5.41) is 6.23. The zero-order valence-electron chi connectivity index (χ0n) is 21.2. The van der Waals surface area contributed by atoms with E-state index in [1.54, 1.807) is 48.5 Å². The molecule has 0 spiro atoms. The molecule has 4 rings (SSSR count). The van der Waals surface area contributed by atoms with Gasteiger partial charge in [0.1, 0.15) is 0 Å². The highest BCUT2D eigenvalue weighted by atomic mass is 16.5. The molecule has 2 aromatic carbocycles. The number of nitrogens with zero attached hydrogens (tertiary/aromatic N) is 3. The van der Waals surface area contributed by atoms with Gasteiger partial charge in [0.05, 0.1) is 29.6 Å². The molecule has 0 atom stereocenters. The predicted molar refractivity (Wildman–Crippen MR) is 144 cm³/mol. The zero-order chi connectivity index (χ0) is 26.5. The highest BCUT2D eigenvalue weighted by Gasteiger charge is 2.29. The van der Waals surface area contributed by atoms with Crippen molar-refractivity contribution in [1.82, 2.24) is 9.88 Å². The van der Waals surface area contributed by atoms with E-state index in [-0.39, 0.29) is 11.8 Å². The normalized spacial score (nSPS) is 13.6. The summed E-state index contributed by atoms with van der Waals surface area (Å²) in [6.07, 6.45) is 3.34. The molecule has 2 N–H and O–H groups in total. The lowest BCUT2D eigenvalue weighted by Gasteiger charge is -2.23. The maximum atomic E-state index is 13.1. The Kier molecular flexibility index (Phi) is 7.64. The van der Waals surface area contributed by atoms with Crippen LogP contribution in [0.3, 0.4) is 0 Å². The van der Waals surface area contributed by atoms with Crippen molar-refractivity contribution in [3.05, 3.63) is 83.7 Å². The minimum absolute atomic E-state index is 0.0358. The van der Waals surface area contributed by atoms with Crippen LogP contribution < -0.4 is 15.5 Å². The third kappa shape index (κ3) is 5.68. The Hall–Kier alpha value is -4.50. The van der Waals surface area contributed by atoms with Gasteiger partial charge in [-0.2, -0.15) is 0 Å². The quantitative estimate of drug-likeness (QED) is 0.360. The molecule has 0 radical (unpaired) electrons. The van der Waals surface area contributed by atoms with Gasteiger partial charge in [-0.3, -0.25) is 14.6 Å². The van der Waals surface area contributed by atoms with E-state index < -0.39 is 5.97 Å². The van der Waals surface area contributed by atoms with Gasteiger partial charge in [0.25, 0.3) is 5.91 Å². The monoisotopic (exact) mass is 499 g/mol. The number of hydrogen-bond donors (Lipinski definition) is 2. The van der Waals surface area contributed by atoms with Crippen LogP contribution in [-0.4, -0.2) is 62.0 Å². The highest BCUT2D eigenvalue weighted by Crippen LogP contribution is 2.38. The molecule has 0 saturated carbocycles. The minimum atomic E-state index is -0.481. The van der Waals surface area contributed by atoms with Crippen molar-refractivity contribution in [3.63, 3.8) is 0 Å². The number of pyridine rings is 1. The van der Waals surface area contributed by atoms with Crippen LogP contribution in [0.1, 0.15) is 28.4 Å². The number of nitrogens with one attached hydrogen (secondary N) is 2. The number of aromatic nitrogens is 1. The number of methoxy groups -OCH3 is 1. The lowest BCUT2D eigenvalue weighted by Crippen LogP contribution is -2.35. The molecule has 9 heteroatoms. The topological polar surface area (TPSA) is 104 Å². The Bertz CT molecular complexity index is 1350. The van der Waals surface area contributed by atoms with Crippen molar-refractivity contribution in [3.8, 4) is 0 Å². The second kappa shape index (κ2) is 11.0. The molecule has 1 aliphatic rings. The van der Waals surface area contributed by atoms with Gasteiger partial charge in [-0.1, -0.05) is 6.07 Å². The number of hydrogen-bond acceptors (Lipinski definition) is 7. The number of esters is 1. The first-order valence-corrected chi connectivity index (χ1v) is 11.8. The van der Waals surface area contributed by atoms with E-state index in [2.05, 4.69) is 15.6 Å². The predicted octanol–water partition coefficient (Wildman–Crippen LogP) is 3.72. The third-order valence-electron chi connectivity index (χ3n) is 5.98. The molecule has 0 saturated heterocycles. The van der Waals surface area contributed by atoms with E-state index in [0.717, 1.165) is 23.5 Å². The van der Waals surface area contributed by atoms with Crippen LogP contribution in [0.2, 0.25) is 0 Å². The van der Waals surface area contributed by atoms with Crippen LogP contribution in [0.4, 0.5) is 17.1 Å². The van der Waals surface area contributed by atoms with Crippen molar-refractivity contribution in [1.29, 1.82) is 0 Å². The van der Waals surface area contributed by atoms with Crippen molar-refractivity contribution in [2.24, 2.45) is 0 Å². The third-order valence-corrected chi connectivity index (χ3v) is 5.98. The fraction of sp³-hybridized carbons (Fsp3) is 0.214. The number of carbonyl (C=O) groups is 3. The summed E-state index contributed by atoms with van der Waals surface area (Å²) in [7, 11) is 5.24. The lowest BCUT2D eigenvalue weighted by atomic mass is 9.99. The number of likely N-dealkylation sites (N-methyl/N-ethyl adjacent to an activating group) is 1. The number of ether oxygens (including phenoxy) is 1. The van der Waals surface area contributed by atoms with Crippen LogP contribution >= 0.6 is 0 Å². The molecule has 2 amide bonds. The zero-order valence-corrected chi connectivity index (χ0v) is 21.2. The SMILES string of the molecule is COC(=O)c1ccc2c(c1)NC(=O)C2=C(Nc1ccc(N(CCN(C)C)C(C)=O)cc1)c1cccnc1. The number of benzene rings is 2. The molecular weight excluding hydrogens is 470 g/mol. The van der Waals surface area contributed by atoms with Crippen molar-refractivity contribution >= 4 is 46.1 Å². The summed E-state index contributed by atoms with van der Waals surface area (Å²) in [6.45, 7) is 2.86. The number of amides is 2. The van der Waals surface area contributed by atoms with Crippen LogP contribution in [0.25, 0.3) is 11.3 Å². The molecule has 2 heterocycles. The largest absolute Gasteiger partial charge is 0.465 e. The molecule has 37 heavy (non-hydrogen) atoms. The van der Waals surface area contributed by atoms with Crippen molar-refractivity contribution in [2.45, 2.75) is 6.92 Å². The standard InChI is InChI=1S/C28H29N5O4/c1-18(34)33(15-14-32(2)3)22-10-8-21(9-11-22)30-26(20-6-5-13-29-17-20)25-23-12-7-19(28(36)37-4)16-24(23)31-27(25)35/h5-13,16-17,30H,14-15H2,1-4H3,(H,31,35). The Labute approximate surface area is 215 Å². The van der Waals surface area contributed by atoms with Gasteiger partial charge >= 0.3 is 5.97 Å². The van der Waals surface area contributed by atoms with Crippen molar-refractivity contribution in [2.75, 3.05) is 49.8 Å². The Morgan fingerprint density at radius 2 is 1.78 bits per heavy atom. The summed E-state index contributed by atoms with van der Waals surface area (Å²) >= 11 is 0. The average molecular weight is 500 g/mol. The van der Waals surface area contributed by atoms with Crippen LogP contribution in [0.5, 0.6) is 0 Å². The molecule has 1 aliphatic heterocycles. The number of rotatable bonds is 8. The lowest BCUT2D eigenvalue weighted by molar-refractivity contribution is -0.116. The van der Waals surface area contributed by atoms with Gasteiger partial charge in [-0.25, -0.2) is 4.79 Å². The number of carbonyl (C=O) groups excluding carboxylic acids is 3. The second-order valence-electron chi connectivity index (χ2n) is 8.84. The first kappa shape index (κ1) is 25.6. The molecular formula is C28H29N5O4. The van der Waals surface area contributed by atoms with Gasteiger partial charge in [0.2, 0.25) is 5.91 Å². The fourth-order valence-electron chi connectivity index (χ4n) is 4.09. The van der Waals surface area contributed by atoms with Crippen LogP contribution in [0.15, 0.2) is 67.0 Å². The van der Waals surface area contributed by atoms with E-state index in [4.69, 9.17) is 4.74 Å². The van der Waals surface area contributed by atoms with E-state index >= 15 is 0 Å². The van der Waals surface area contributed by atoms with Gasteiger partial charge in [0.15, 0.2) is 0 Å². The molecule has 0 bridgehead atoms. The number of fused-ring (bicyclic) bond motifs is 1. The highest BCUT2D eigenvalue weighted by molar-refractivity contribution is 6.37. The average Bonchev–Trinajstić information content (AvgIpc) is 3.22. The van der Waals surface area contributed by atoms with E-state index in [9.17, 15) is 14.4 Å². The Balaban J connectivity index is 1.72. The molecule has 0 unspecified atom stereocenters. The molecule has 0 aliphatic carbocycles. The van der Waals surface area contributed by atoms with Crippen molar-refractivity contribution < 1.29 is 19.1 Å². The second-order valence-corrected chi connectivity index (χ2v) is 8.84. The summed E-state index contributed by atoms with van der Waals surface area (Å²) < 4.78 is 4.80. The molecule has 3 aromatic rings. The van der Waals surface area contributed by atoms with Gasteiger partial charge in [-0.15, -0.1) is 0 Å². The first-order valence-electron chi connectivity index (χ1n) is 11.8. The summed E-state index contributed by atoms with van der Waals surface area (Å²) in [4.78, 5) is 45.3. The smallest absolute Gasteiger partial charge is 0.337 e. The van der Waals surface area contributed by atoms with E-state index in [0.29, 0.717) is 34.6 Å². The fourth-order valence-corrected chi connectivity index (χ4v) is 4.09. The van der Waals surface area contributed by atoms with Crippen LogP contribution in [-0.2, 0) is 14.3 Å². The summed E-state index contributed by atoms with van der Waals surface area (Å²) in [5.41, 5.74) is 4.77. The summed E-state index contributed by atoms with van der Waals surface area (Å²) in [6, 6.07) is 16.1. The van der Waals surface area contributed by atoms with Crippen LogP contribution in [0, 0.1) is 0 Å². The Morgan fingerprint density at radius 3 is 2.41 bits per heavy atom. The Morgan fingerprint density at radius 1 is 1.03 bits per heavy atom. The minimum Gasteiger partial charge on any atom is -0.465 e. The summed E-state index contributed by atoms with van der Waals surface area (Å²) in [5.74, 6) is -0.817. The van der Waals surface area contributed by atoms with Gasteiger partial charge < -0.3 is 25.2 Å². The molecule has 190 valence electrons. The number of anilines is 3. The molecule has 9 nitrogen and oxygen atoms in total. The first-order chi connectivity index (χ1) is 17.8. The molecule has 0 fully saturated rings. The van der Waals surface area contributed by atoms with Gasteiger partial charge in [0, 0.05) is 54.9 Å². The van der Waals surface area contributed by atoms with E-state index in [1.165, 1.54) is 7.11 Å². The van der Waals surface area contributed by atoms with E-state index in [1.807, 2.05) is 49.3 Å². The maximum Gasteiger partial charge on any atom is 0.337 e. The van der Waals surface area contributed by atoms with Gasteiger partial charge in [-0.05, 0) is 62.6 Å². The maximum absolute atomic E-state index is 13.1.